The van der Waals surface area contributed by atoms with Crippen LogP contribution in [0.3, 0.4) is 0 Å². The van der Waals surface area contributed by atoms with E-state index in [9.17, 15) is 4.79 Å². The number of methoxy groups -OCH3 is 1. The molecular weight excluding hydrogens is 410 g/mol. The average molecular weight is 430 g/mol. The van der Waals surface area contributed by atoms with E-state index in [1.54, 1.807) is 41.6 Å². The highest BCUT2D eigenvalue weighted by Gasteiger charge is 2.13. The van der Waals surface area contributed by atoms with Gasteiger partial charge in [-0.3, -0.25) is 4.79 Å². The largest absolute Gasteiger partial charge is 0.494 e. The van der Waals surface area contributed by atoms with Crippen molar-refractivity contribution < 1.29 is 4.74 Å². The summed E-state index contributed by atoms with van der Waals surface area (Å²) in [5.74, 6) is 0.603. The molecule has 0 spiro atoms. The number of thiazole rings is 1. The molecule has 31 heavy (non-hydrogen) atoms. The van der Waals surface area contributed by atoms with E-state index in [1.807, 2.05) is 53.9 Å². The first-order chi connectivity index (χ1) is 15.2. The predicted octanol–water partition coefficient (Wildman–Crippen LogP) is 3.96. The SMILES string of the molecule is COc1cc(-c2nccs2)ccc1-n1ccc(=O)c(C(C=CN)=Nc2ccccc2)n1. The Morgan fingerprint density at radius 2 is 2.03 bits per heavy atom. The van der Waals surface area contributed by atoms with Crippen LogP contribution in [0.15, 0.2) is 94.4 Å². The number of para-hydroxylation sites is 1. The van der Waals surface area contributed by atoms with Crippen LogP contribution in [0.4, 0.5) is 5.69 Å². The van der Waals surface area contributed by atoms with Gasteiger partial charge in [-0.1, -0.05) is 18.2 Å². The fraction of sp³-hybridized carbons (Fsp3) is 0.0435. The van der Waals surface area contributed by atoms with Gasteiger partial charge in [0.15, 0.2) is 5.69 Å². The number of ether oxygens (including phenoxy) is 1. The van der Waals surface area contributed by atoms with E-state index >= 15 is 0 Å². The number of nitrogens with two attached hydrogens (primary N) is 1. The van der Waals surface area contributed by atoms with Gasteiger partial charge in [0, 0.05) is 29.4 Å². The maximum Gasteiger partial charge on any atom is 0.209 e. The summed E-state index contributed by atoms with van der Waals surface area (Å²) in [4.78, 5) is 21.5. The van der Waals surface area contributed by atoms with E-state index in [1.165, 1.54) is 12.3 Å². The van der Waals surface area contributed by atoms with Crippen LogP contribution in [0.5, 0.6) is 5.75 Å². The van der Waals surface area contributed by atoms with Gasteiger partial charge in [-0.25, -0.2) is 14.7 Å². The second-order valence-corrected chi connectivity index (χ2v) is 7.28. The second-order valence-electron chi connectivity index (χ2n) is 6.39. The molecule has 2 aromatic heterocycles. The Morgan fingerprint density at radius 1 is 1.19 bits per heavy atom. The van der Waals surface area contributed by atoms with E-state index in [2.05, 4.69) is 15.1 Å². The van der Waals surface area contributed by atoms with Gasteiger partial charge in [-0.2, -0.15) is 5.10 Å². The fourth-order valence-electron chi connectivity index (χ4n) is 2.99. The molecular formula is C23H19N5O2S. The van der Waals surface area contributed by atoms with Crippen LogP contribution in [-0.4, -0.2) is 27.6 Å². The Morgan fingerprint density at radius 3 is 2.74 bits per heavy atom. The molecule has 4 rings (SSSR count). The monoisotopic (exact) mass is 429 g/mol. The number of rotatable bonds is 6. The average Bonchev–Trinajstić information content (AvgIpc) is 3.35. The molecule has 2 heterocycles. The van der Waals surface area contributed by atoms with Gasteiger partial charge in [0.05, 0.1) is 18.5 Å². The summed E-state index contributed by atoms with van der Waals surface area (Å²) in [5.41, 5.74) is 8.20. The van der Waals surface area contributed by atoms with Crippen LogP contribution < -0.4 is 15.9 Å². The Kier molecular flexibility index (Phi) is 6.00. The van der Waals surface area contributed by atoms with Crippen LogP contribution >= 0.6 is 11.3 Å². The lowest BCUT2D eigenvalue weighted by atomic mass is 10.2. The Labute approximate surface area is 182 Å². The van der Waals surface area contributed by atoms with Gasteiger partial charge in [0.1, 0.15) is 16.4 Å². The first kappa shape index (κ1) is 20.2. The number of allylic oxidation sites excluding steroid dienone is 1. The molecule has 0 saturated heterocycles. The van der Waals surface area contributed by atoms with Crippen molar-refractivity contribution in [2.75, 3.05) is 7.11 Å². The van der Waals surface area contributed by atoms with Gasteiger partial charge in [0.25, 0.3) is 0 Å². The molecule has 7 nitrogen and oxygen atoms in total. The standard InChI is InChI=1S/C23H19N5O2S/c1-30-21-15-16(23-25-12-14-31-23)7-8-19(21)28-13-10-20(29)22(27-28)18(9-11-24)26-17-5-3-2-4-6-17/h2-15H,24H2,1H3. The van der Waals surface area contributed by atoms with Gasteiger partial charge >= 0.3 is 0 Å². The van der Waals surface area contributed by atoms with E-state index in [0.29, 0.717) is 22.8 Å². The van der Waals surface area contributed by atoms with Crippen molar-refractivity contribution in [1.29, 1.82) is 0 Å². The van der Waals surface area contributed by atoms with E-state index in [-0.39, 0.29) is 11.1 Å². The topological polar surface area (TPSA) is 95.4 Å². The number of benzene rings is 2. The summed E-state index contributed by atoms with van der Waals surface area (Å²) < 4.78 is 7.18. The molecule has 4 aromatic rings. The molecule has 0 aliphatic rings. The number of hydrogen-bond acceptors (Lipinski definition) is 7. The van der Waals surface area contributed by atoms with Crippen molar-refractivity contribution in [2.24, 2.45) is 10.7 Å². The molecule has 0 fully saturated rings. The molecule has 0 unspecified atom stereocenters. The third kappa shape index (κ3) is 4.44. The zero-order valence-corrected chi connectivity index (χ0v) is 17.5. The predicted molar refractivity (Wildman–Crippen MR) is 123 cm³/mol. The lowest BCUT2D eigenvalue weighted by molar-refractivity contribution is 0.411. The first-order valence-electron chi connectivity index (χ1n) is 9.40. The molecule has 0 atom stereocenters. The minimum atomic E-state index is -0.262. The van der Waals surface area contributed by atoms with Crippen LogP contribution in [0, 0.1) is 0 Å². The van der Waals surface area contributed by atoms with Crippen molar-refractivity contribution >= 4 is 22.7 Å². The fourth-order valence-corrected chi connectivity index (χ4v) is 3.62. The van der Waals surface area contributed by atoms with Crippen molar-refractivity contribution in [2.45, 2.75) is 0 Å². The van der Waals surface area contributed by atoms with Gasteiger partial charge in [0.2, 0.25) is 5.43 Å². The zero-order valence-electron chi connectivity index (χ0n) is 16.7. The minimum Gasteiger partial charge on any atom is -0.494 e. The molecule has 0 aliphatic heterocycles. The molecule has 2 N–H and O–H groups in total. The maximum atomic E-state index is 12.6. The van der Waals surface area contributed by atoms with E-state index in [4.69, 9.17) is 10.5 Å². The minimum absolute atomic E-state index is 0.180. The van der Waals surface area contributed by atoms with E-state index in [0.717, 1.165) is 10.6 Å². The van der Waals surface area contributed by atoms with Crippen LogP contribution in [0.25, 0.3) is 16.3 Å². The smallest absolute Gasteiger partial charge is 0.209 e. The van der Waals surface area contributed by atoms with Crippen molar-refractivity contribution in [3.63, 3.8) is 0 Å². The third-order valence-corrected chi connectivity index (χ3v) is 5.24. The third-order valence-electron chi connectivity index (χ3n) is 4.42. The van der Waals surface area contributed by atoms with Gasteiger partial charge in [-0.15, -0.1) is 11.3 Å². The van der Waals surface area contributed by atoms with Gasteiger partial charge in [-0.05, 0) is 42.6 Å². The van der Waals surface area contributed by atoms with Crippen molar-refractivity contribution in [3.05, 3.63) is 101 Å². The van der Waals surface area contributed by atoms with Crippen LogP contribution in [0.2, 0.25) is 0 Å². The number of nitrogens with zero attached hydrogens (tertiary/aromatic N) is 4. The molecule has 0 saturated carbocycles. The summed E-state index contributed by atoms with van der Waals surface area (Å²) in [6, 6.07) is 16.5. The normalized spacial score (nSPS) is 11.7. The van der Waals surface area contributed by atoms with Crippen LogP contribution in [0.1, 0.15) is 5.69 Å². The number of aromatic nitrogens is 3. The van der Waals surface area contributed by atoms with Crippen molar-refractivity contribution in [3.8, 4) is 22.0 Å². The Hall–Kier alpha value is -4.04. The lowest BCUT2D eigenvalue weighted by Crippen LogP contribution is -2.20. The lowest BCUT2D eigenvalue weighted by Gasteiger charge is -2.13. The van der Waals surface area contributed by atoms with Gasteiger partial charge < -0.3 is 10.5 Å². The molecule has 0 aliphatic carbocycles. The van der Waals surface area contributed by atoms with E-state index < -0.39 is 0 Å². The summed E-state index contributed by atoms with van der Waals surface area (Å²) >= 11 is 1.55. The Bertz CT molecular complexity index is 1300. The highest BCUT2D eigenvalue weighted by atomic mass is 32.1. The summed E-state index contributed by atoms with van der Waals surface area (Å²) in [7, 11) is 1.59. The highest BCUT2D eigenvalue weighted by Crippen LogP contribution is 2.30. The summed E-state index contributed by atoms with van der Waals surface area (Å²) in [5, 5.41) is 7.35. The maximum absolute atomic E-state index is 12.6. The molecule has 0 amide bonds. The van der Waals surface area contributed by atoms with Crippen LogP contribution in [-0.2, 0) is 0 Å². The molecule has 154 valence electrons. The number of hydrogen-bond donors (Lipinski definition) is 1. The molecule has 0 bridgehead atoms. The molecule has 2 aromatic carbocycles. The zero-order chi connectivity index (χ0) is 21.6. The summed E-state index contributed by atoms with van der Waals surface area (Å²) in [6.07, 6.45) is 6.25. The first-order valence-corrected chi connectivity index (χ1v) is 10.3. The number of aliphatic imine (C=N–C) groups is 1. The second kappa shape index (κ2) is 9.19. The molecule has 8 heteroatoms. The summed E-state index contributed by atoms with van der Waals surface area (Å²) in [6.45, 7) is 0. The Balaban J connectivity index is 1.81. The quantitative estimate of drug-likeness (QED) is 0.468. The highest BCUT2D eigenvalue weighted by molar-refractivity contribution is 7.13. The van der Waals surface area contributed by atoms with Crippen molar-refractivity contribution in [1.82, 2.24) is 14.8 Å². The molecule has 0 radical (unpaired) electrons.